The number of phenolic OH excluding ortho intramolecular Hbond substituents is 1. The van der Waals surface area contributed by atoms with Crippen LogP contribution in [0.25, 0.3) is 11.5 Å². The van der Waals surface area contributed by atoms with Gasteiger partial charge in [0, 0.05) is 18.2 Å². The highest BCUT2D eigenvalue weighted by Crippen LogP contribution is 2.26. The largest absolute Gasteiger partial charge is 0.508 e. The molecule has 3 rings (SSSR count). The van der Waals surface area contributed by atoms with Crippen LogP contribution >= 0.6 is 0 Å². The molecule has 1 aromatic carbocycles. The Bertz CT molecular complexity index is 782. The SMILES string of the molecule is Nc1nc(-c2ccccn2)nc(N)c1Cc1ccccc1O. The Morgan fingerprint density at radius 1 is 0.909 bits per heavy atom. The van der Waals surface area contributed by atoms with Gasteiger partial charge in [0.1, 0.15) is 23.1 Å². The van der Waals surface area contributed by atoms with E-state index >= 15 is 0 Å². The van der Waals surface area contributed by atoms with E-state index in [1.165, 1.54) is 0 Å². The fourth-order valence-corrected chi connectivity index (χ4v) is 2.16. The molecule has 0 fully saturated rings. The first-order valence-corrected chi connectivity index (χ1v) is 6.75. The van der Waals surface area contributed by atoms with Gasteiger partial charge in [0.15, 0.2) is 5.82 Å². The minimum absolute atomic E-state index is 0.190. The number of hydrogen-bond donors (Lipinski definition) is 3. The van der Waals surface area contributed by atoms with E-state index in [2.05, 4.69) is 15.0 Å². The van der Waals surface area contributed by atoms with Crippen LogP contribution in [0, 0.1) is 0 Å². The number of aromatic hydroxyl groups is 1. The predicted molar refractivity (Wildman–Crippen MR) is 85.0 cm³/mol. The number of aromatic nitrogens is 3. The van der Waals surface area contributed by atoms with Crippen LogP contribution in [0.2, 0.25) is 0 Å². The second-order valence-electron chi connectivity index (χ2n) is 4.82. The van der Waals surface area contributed by atoms with Crippen molar-refractivity contribution < 1.29 is 5.11 Å². The van der Waals surface area contributed by atoms with Gasteiger partial charge in [-0.05, 0) is 23.8 Å². The number of nitrogen functional groups attached to an aromatic ring is 2. The Kier molecular flexibility index (Phi) is 3.57. The molecule has 0 saturated heterocycles. The van der Waals surface area contributed by atoms with Crippen molar-refractivity contribution >= 4 is 11.6 Å². The fourth-order valence-electron chi connectivity index (χ4n) is 2.16. The van der Waals surface area contributed by atoms with Crippen molar-refractivity contribution in [2.24, 2.45) is 0 Å². The molecule has 5 N–H and O–H groups in total. The minimum atomic E-state index is 0.190. The number of benzene rings is 1. The van der Waals surface area contributed by atoms with E-state index < -0.39 is 0 Å². The molecule has 0 atom stereocenters. The lowest BCUT2D eigenvalue weighted by atomic mass is 10.0. The first kappa shape index (κ1) is 13.8. The van der Waals surface area contributed by atoms with Gasteiger partial charge in [-0.15, -0.1) is 0 Å². The third-order valence-electron chi connectivity index (χ3n) is 3.32. The Morgan fingerprint density at radius 2 is 1.59 bits per heavy atom. The Hall–Kier alpha value is -3.15. The Balaban J connectivity index is 1.99. The smallest absolute Gasteiger partial charge is 0.182 e. The molecule has 3 aromatic rings. The standard InChI is InChI=1S/C16H15N5O/c17-14-11(9-10-5-1-2-7-13(10)22)15(18)21-16(20-14)12-6-3-4-8-19-12/h1-8,22H,9H2,(H4,17,18,20,21). The fraction of sp³-hybridized carbons (Fsp3) is 0.0625. The lowest BCUT2D eigenvalue weighted by Gasteiger charge is -2.11. The van der Waals surface area contributed by atoms with Crippen LogP contribution in [0.15, 0.2) is 48.7 Å². The highest BCUT2D eigenvalue weighted by molar-refractivity contribution is 5.62. The van der Waals surface area contributed by atoms with Gasteiger partial charge in [0.2, 0.25) is 0 Å². The predicted octanol–water partition coefficient (Wildman–Crippen LogP) is 2.00. The third-order valence-corrected chi connectivity index (χ3v) is 3.32. The number of hydrogen-bond acceptors (Lipinski definition) is 6. The normalized spacial score (nSPS) is 10.5. The maximum Gasteiger partial charge on any atom is 0.182 e. The summed E-state index contributed by atoms with van der Waals surface area (Å²) >= 11 is 0. The monoisotopic (exact) mass is 293 g/mol. The van der Waals surface area contributed by atoms with Crippen molar-refractivity contribution in [3.63, 3.8) is 0 Å². The van der Waals surface area contributed by atoms with Crippen LogP contribution in [0.3, 0.4) is 0 Å². The van der Waals surface area contributed by atoms with Crippen LogP contribution in [-0.2, 0) is 6.42 Å². The highest BCUT2D eigenvalue weighted by atomic mass is 16.3. The molecule has 6 nitrogen and oxygen atoms in total. The number of nitrogens with two attached hydrogens (primary N) is 2. The molecular formula is C16H15N5O. The molecule has 22 heavy (non-hydrogen) atoms. The van der Waals surface area contributed by atoms with Crippen LogP contribution < -0.4 is 11.5 Å². The summed E-state index contributed by atoms with van der Waals surface area (Å²) in [5, 5.41) is 9.85. The molecule has 0 aliphatic rings. The van der Waals surface area contributed by atoms with Crippen LogP contribution in [-0.4, -0.2) is 20.1 Å². The van der Waals surface area contributed by atoms with Crippen molar-refractivity contribution in [2.45, 2.75) is 6.42 Å². The minimum Gasteiger partial charge on any atom is -0.508 e. The van der Waals surface area contributed by atoms with Gasteiger partial charge in [-0.3, -0.25) is 4.98 Å². The number of nitrogens with zero attached hydrogens (tertiary/aromatic N) is 3. The molecule has 2 heterocycles. The molecule has 0 radical (unpaired) electrons. The van der Waals surface area contributed by atoms with E-state index in [9.17, 15) is 5.11 Å². The van der Waals surface area contributed by atoms with Gasteiger partial charge in [-0.2, -0.15) is 0 Å². The van der Waals surface area contributed by atoms with Crippen molar-refractivity contribution in [3.8, 4) is 17.3 Å². The second kappa shape index (κ2) is 5.69. The zero-order chi connectivity index (χ0) is 15.5. The van der Waals surface area contributed by atoms with Crippen LogP contribution in [0.5, 0.6) is 5.75 Å². The Labute approximate surface area is 127 Å². The van der Waals surface area contributed by atoms with E-state index in [1.807, 2.05) is 18.2 Å². The quantitative estimate of drug-likeness (QED) is 0.681. The van der Waals surface area contributed by atoms with Crippen LogP contribution in [0.4, 0.5) is 11.6 Å². The topological polar surface area (TPSA) is 111 Å². The number of pyridine rings is 1. The van der Waals surface area contributed by atoms with E-state index in [4.69, 9.17) is 11.5 Å². The van der Waals surface area contributed by atoms with Gasteiger partial charge in [-0.1, -0.05) is 24.3 Å². The summed E-state index contributed by atoms with van der Waals surface area (Å²) < 4.78 is 0. The van der Waals surface area contributed by atoms with Gasteiger partial charge in [-0.25, -0.2) is 9.97 Å². The van der Waals surface area contributed by atoms with Gasteiger partial charge >= 0.3 is 0 Å². The van der Waals surface area contributed by atoms with Gasteiger partial charge in [0.05, 0.1) is 0 Å². The van der Waals surface area contributed by atoms with Gasteiger partial charge in [0.25, 0.3) is 0 Å². The number of para-hydroxylation sites is 1. The molecule has 6 heteroatoms. The maximum absolute atomic E-state index is 9.85. The van der Waals surface area contributed by atoms with Crippen molar-refractivity contribution in [2.75, 3.05) is 11.5 Å². The van der Waals surface area contributed by atoms with Crippen LogP contribution in [0.1, 0.15) is 11.1 Å². The second-order valence-corrected chi connectivity index (χ2v) is 4.82. The third kappa shape index (κ3) is 2.67. The first-order valence-electron chi connectivity index (χ1n) is 6.75. The van der Waals surface area contributed by atoms with E-state index in [-0.39, 0.29) is 17.4 Å². The Morgan fingerprint density at radius 3 is 2.23 bits per heavy atom. The average Bonchev–Trinajstić information content (AvgIpc) is 2.53. The van der Waals surface area contributed by atoms with E-state index in [0.717, 1.165) is 5.56 Å². The molecule has 0 saturated carbocycles. The summed E-state index contributed by atoms with van der Waals surface area (Å²) in [6.07, 6.45) is 2.02. The van der Waals surface area contributed by atoms with Crippen molar-refractivity contribution in [3.05, 3.63) is 59.8 Å². The molecule has 0 spiro atoms. The number of rotatable bonds is 3. The van der Waals surface area contributed by atoms with Gasteiger partial charge < -0.3 is 16.6 Å². The summed E-state index contributed by atoms with van der Waals surface area (Å²) in [5.41, 5.74) is 14.0. The maximum atomic E-state index is 9.85. The average molecular weight is 293 g/mol. The highest BCUT2D eigenvalue weighted by Gasteiger charge is 2.14. The lowest BCUT2D eigenvalue weighted by molar-refractivity contribution is 0.469. The lowest BCUT2D eigenvalue weighted by Crippen LogP contribution is -2.08. The first-order chi connectivity index (χ1) is 10.6. The molecule has 0 aliphatic heterocycles. The summed E-state index contributed by atoms with van der Waals surface area (Å²) in [5.74, 6) is 1.15. The number of phenols is 1. The summed E-state index contributed by atoms with van der Waals surface area (Å²) in [7, 11) is 0. The van der Waals surface area contributed by atoms with E-state index in [1.54, 1.807) is 30.5 Å². The molecule has 0 amide bonds. The molecular weight excluding hydrogens is 278 g/mol. The molecule has 0 aliphatic carbocycles. The number of anilines is 2. The summed E-state index contributed by atoms with van der Waals surface area (Å²) in [6, 6.07) is 12.5. The summed E-state index contributed by atoms with van der Waals surface area (Å²) in [6.45, 7) is 0. The zero-order valence-corrected chi connectivity index (χ0v) is 11.8. The molecule has 110 valence electrons. The summed E-state index contributed by atoms with van der Waals surface area (Å²) in [4.78, 5) is 12.7. The van der Waals surface area contributed by atoms with Crippen molar-refractivity contribution in [1.29, 1.82) is 0 Å². The molecule has 2 aromatic heterocycles. The van der Waals surface area contributed by atoms with Crippen molar-refractivity contribution in [1.82, 2.24) is 15.0 Å². The van der Waals surface area contributed by atoms with E-state index in [0.29, 0.717) is 23.5 Å². The molecule has 0 bridgehead atoms. The molecule has 0 unspecified atom stereocenters. The zero-order valence-electron chi connectivity index (χ0n) is 11.8.